The summed E-state index contributed by atoms with van der Waals surface area (Å²) in [7, 11) is 0. The summed E-state index contributed by atoms with van der Waals surface area (Å²) in [6.45, 7) is 1.59. The van der Waals surface area contributed by atoms with E-state index in [9.17, 15) is 15.2 Å². The molecule has 11 heteroatoms. The number of nitro benzene ring substituents is 1. The third-order valence-corrected chi connectivity index (χ3v) is 5.18. The van der Waals surface area contributed by atoms with E-state index in [-0.39, 0.29) is 22.5 Å². The molecule has 0 aliphatic heterocycles. The van der Waals surface area contributed by atoms with Crippen LogP contribution in [0, 0.1) is 17.0 Å². The molecule has 31 heavy (non-hydrogen) atoms. The van der Waals surface area contributed by atoms with Crippen LogP contribution in [0.4, 0.5) is 17.3 Å². The lowest BCUT2D eigenvalue weighted by Gasteiger charge is -2.11. The number of aromatic hydroxyl groups is 1. The predicted octanol–water partition coefficient (Wildman–Crippen LogP) is 5.50. The fraction of sp³-hybridized carbons (Fsp3) is 0.0500. The molecule has 0 bridgehead atoms. The Morgan fingerprint density at radius 1 is 1.19 bits per heavy atom. The van der Waals surface area contributed by atoms with Crippen LogP contribution in [0.15, 0.2) is 36.7 Å². The molecule has 2 aromatic carbocycles. The molecule has 0 radical (unpaired) electrons. The third-order valence-electron chi connectivity index (χ3n) is 4.44. The Kier molecular flexibility index (Phi) is 5.45. The summed E-state index contributed by atoms with van der Waals surface area (Å²) in [6, 6.07) is 6.45. The molecule has 3 N–H and O–H groups in total. The molecule has 0 spiro atoms. The van der Waals surface area contributed by atoms with E-state index in [1.807, 2.05) is 0 Å². The lowest BCUT2D eigenvalue weighted by Crippen LogP contribution is -2.02. The van der Waals surface area contributed by atoms with Gasteiger partial charge in [0.25, 0.3) is 5.69 Å². The molecule has 0 fully saturated rings. The Hall–Kier alpha value is -3.69. The van der Waals surface area contributed by atoms with Gasteiger partial charge in [-0.2, -0.15) is 4.98 Å². The molecule has 2 aromatic heterocycles. The molecular formula is C20H14Cl2N6O3. The van der Waals surface area contributed by atoms with Crippen molar-refractivity contribution in [3.05, 3.63) is 73.8 Å². The molecule has 4 rings (SSSR count). The number of aromatic amines is 1. The number of hydrogen-bond donors (Lipinski definition) is 3. The van der Waals surface area contributed by atoms with Crippen molar-refractivity contribution in [1.29, 1.82) is 0 Å². The van der Waals surface area contributed by atoms with Gasteiger partial charge < -0.3 is 15.4 Å². The largest absolute Gasteiger partial charge is 0.493 e. The molecule has 0 atom stereocenters. The number of fused-ring (bicyclic) bond motifs is 1. The minimum absolute atomic E-state index is 0.0363. The Morgan fingerprint density at radius 3 is 2.68 bits per heavy atom. The van der Waals surface area contributed by atoms with Crippen molar-refractivity contribution in [3.63, 3.8) is 0 Å². The summed E-state index contributed by atoms with van der Waals surface area (Å²) in [6.07, 6.45) is 6.68. The topological polar surface area (TPSA) is 130 Å². The first-order valence-corrected chi connectivity index (χ1v) is 9.67. The standard InChI is InChI=1S/C20H14Cl2N6O3/c1-10-8-11(2-5-15-23-6-7-24-15)17-16(18(10)28(30)31)19(29)27-20(26-17)25-12-3-4-13(21)14(22)9-12/h2-9H,1H3,(H,23,24)(H2,25,26,27,29)/b5-2+. The lowest BCUT2D eigenvalue weighted by atomic mass is 10.0. The van der Waals surface area contributed by atoms with Gasteiger partial charge in [-0.25, -0.2) is 9.97 Å². The summed E-state index contributed by atoms with van der Waals surface area (Å²) in [4.78, 5) is 26.6. The maximum atomic E-state index is 11.7. The van der Waals surface area contributed by atoms with Crippen molar-refractivity contribution in [1.82, 2.24) is 19.9 Å². The molecule has 9 nitrogen and oxygen atoms in total. The smallest absolute Gasteiger partial charge is 0.287 e. The third kappa shape index (κ3) is 4.14. The second kappa shape index (κ2) is 8.21. The highest BCUT2D eigenvalue weighted by molar-refractivity contribution is 6.42. The quantitative estimate of drug-likeness (QED) is 0.267. The fourth-order valence-electron chi connectivity index (χ4n) is 3.10. The Balaban J connectivity index is 1.88. The van der Waals surface area contributed by atoms with Crippen LogP contribution in [0.1, 0.15) is 17.0 Å². The van der Waals surface area contributed by atoms with E-state index in [0.29, 0.717) is 32.7 Å². The molecule has 0 saturated heterocycles. The summed E-state index contributed by atoms with van der Waals surface area (Å²) >= 11 is 12.0. The van der Waals surface area contributed by atoms with E-state index < -0.39 is 10.8 Å². The number of anilines is 2. The summed E-state index contributed by atoms with van der Waals surface area (Å²) in [5.41, 5.74) is 1.38. The van der Waals surface area contributed by atoms with Crippen LogP contribution in [0.3, 0.4) is 0 Å². The molecule has 0 saturated carbocycles. The van der Waals surface area contributed by atoms with Crippen LogP contribution >= 0.6 is 23.2 Å². The van der Waals surface area contributed by atoms with Gasteiger partial charge in [-0.1, -0.05) is 23.2 Å². The van der Waals surface area contributed by atoms with Gasteiger partial charge in [0, 0.05) is 29.2 Å². The van der Waals surface area contributed by atoms with Crippen LogP contribution in [-0.2, 0) is 0 Å². The number of hydrogen-bond acceptors (Lipinski definition) is 7. The van der Waals surface area contributed by atoms with Crippen LogP contribution in [0.2, 0.25) is 10.0 Å². The maximum absolute atomic E-state index is 11.7. The summed E-state index contributed by atoms with van der Waals surface area (Å²) < 4.78 is 0. The number of H-pyrrole nitrogens is 1. The van der Waals surface area contributed by atoms with E-state index in [0.717, 1.165) is 0 Å². The molecule has 0 aliphatic rings. The van der Waals surface area contributed by atoms with Crippen molar-refractivity contribution < 1.29 is 10.0 Å². The second-order valence-electron chi connectivity index (χ2n) is 6.54. The van der Waals surface area contributed by atoms with Gasteiger partial charge in [-0.3, -0.25) is 10.1 Å². The number of aryl methyl sites for hydroxylation is 1. The van der Waals surface area contributed by atoms with Crippen LogP contribution < -0.4 is 5.32 Å². The van der Waals surface area contributed by atoms with Gasteiger partial charge in [0.05, 0.1) is 20.5 Å². The molecule has 156 valence electrons. The Labute approximate surface area is 185 Å². The second-order valence-corrected chi connectivity index (χ2v) is 7.36. The summed E-state index contributed by atoms with van der Waals surface area (Å²) in [5.74, 6) is 0.112. The molecule has 0 amide bonds. The van der Waals surface area contributed by atoms with Crippen molar-refractivity contribution in [2.24, 2.45) is 0 Å². The van der Waals surface area contributed by atoms with Crippen LogP contribution in [0.25, 0.3) is 23.1 Å². The van der Waals surface area contributed by atoms with Gasteiger partial charge in [0.1, 0.15) is 11.2 Å². The lowest BCUT2D eigenvalue weighted by molar-refractivity contribution is -0.383. The van der Waals surface area contributed by atoms with Gasteiger partial charge in [-0.05, 0) is 43.3 Å². The van der Waals surface area contributed by atoms with Crippen molar-refractivity contribution >= 4 is 63.6 Å². The zero-order chi connectivity index (χ0) is 22.1. The van der Waals surface area contributed by atoms with E-state index in [1.54, 1.807) is 55.7 Å². The number of imidazole rings is 1. The monoisotopic (exact) mass is 456 g/mol. The highest BCUT2D eigenvalue weighted by atomic mass is 35.5. The molecule has 4 aromatic rings. The SMILES string of the molecule is Cc1cc(/C=C/c2ncc[nH]2)c2nc(Nc3ccc(Cl)c(Cl)c3)nc(O)c2c1[N+](=O)[O-]. The number of nitrogens with one attached hydrogen (secondary N) is 2. The van der Waals surface area contributed by atoms with Crippen molar-refractivity contribution in [3.8, 4) is 5.88 Å². The Bertz CT molecular complexity index is 1340. The highest BCUT2D eigenvalue weighted by Crippen LogP contribution is 2.38. The van der Waals surface area contributed by atoms with Gasteiger partial charge in [-0.15, -0.1) is 0 Å². The van der Waals surface area contributed by atoms with Gasteiger partial charge in [0.2, 0.25) is 11.8 Å². The highest BCUT2D eigenvalue weighted by Gasteiger charge is 2.24. The van der Waals surface area contributed by atoms with E-state index in [1.165, 1.54) is 0 Å². The number of nitrogens with zero attached hydrogens (tertiary/aromatic N) is 4. The van der Waals surface area contributed by atoms with Gasteiger partial charge >= 0.3 is 0 Å². The first kappa shape index (κ1) is 20.6. The minimum atomic E-state index is -0.563. The summed E-state index contributed by atoms with van der Waals surface area (Å²) in [5, 5.41) is 25.8. The number of benzene rings is 2. The van der Waals surface area contributed by atoms with Crippen LogP contribution in [-0.4, -0.2) is 30.0 Å². The number of halogens is 2. The molecule has 0 aliphatic carbocycles. The van der Waals surface area contributed by atoms with E-state index in [4.69, 9.17) is 23.2 Å². The van der Waals surface area contributed by atoms with E-state index in [2.05, 4.69) is 25.3 Å². The van der Waals surface area contributed by atoms with E-state index >= 15 is 0 Å². The number of rotatable bonds is 5. The Morgan fingerprint density at radius 2 is 2.00 bits per heavy atom. The average Bonchev–Trinajstić information content (AvgIpc) is 3.23. The number of aromatic nitrogens is 4. The normalized spacial score (nSPS) is 11.3. The first-order valence-electron chi connectivity index (χ1n) is 8.91. The van der Waals surface area contributed by atoms with Crippen molar-refractivity contribution in [2.45, 2.75) is 6.92 Å². The maximum Gasteiger partial charge on any atom is 0.287 e. The zero-order valence-corrected chi connectivity index (χ0v) is 17.4. The van der Waals surface area contributed by atoms with Crippen molar-refractivity contribution in [2.75, 3.05) is 5.32 Å². The van der Waals surface area contributed by atoms with Crippen LogP contribution in [0.5, 0.6) is 5.88 Å². The fourth-order valence-corrected chi connectivity index (χ4v) is 3.40. The molecule has 2 heterocycles. The minimum Gasteiger partial charge on any atom is -0.493 e. The predicted molar refractivity (Wildman–Crippen MR) is 120 cm³/mol. The average molecular weight is 457 g/mol. The first-order chi connectivity index (χ1) is 14.8. The zero-order valence-electron chi connectivity index (χ0n) is 15.9. The number of nitro groups is 1. The molecule has 0 unspecified atom stereocenters. The molecular weight excluding hydrogens is 443 g/mol. The van der Waals surface area contributed by atoms with Gasteiger partial charge in [0.15, 0.2) is 0 Å².